The van der Waals surface area contributed by atoms with Gasteiger partial charge in [0.25, 0.3) is 0 Å². The fourth-order valence-corrected chi connectivity index (χ4v) is 7.33. The van der Waals surface area contributed by atoms with Crippen molar-refractivity contribution < 1.29 is 0 Å². The Labute approximate surface area is 300 Å². The lowest BCUT2D eigenvalue weighted by Gasteiger charge is -2.15. The Balaban J connectivity index is 1.28. The summed E-state index contributed by atoms with van der Waals surface area (Å²) in [7, 11) is 0. The van der Waals surface area contributed by atoms with E-state index in [1.807, 2.05) is 24.5 Å². The SMILES string of the molecule is c1ccc2c(-c3nc(-c4cc(-c5cccc6cccnc56)cc(-c5cccc6cccnc56)c4)nc(-c4cccc5ccccc45)n3)cccc2c1. The maximum atomic E-state index is 5.27. The van der Waals surface area contributed by atoms with Gasteiger partial charge in [0.1, 0.15) is 0 Å². The highest BCUT2D eigenvalue weighted by molar-refractivity contribution is 6.00. The Morgan fingerprint density at radius 1 is 0.288 bits per heavy atom. The summed E-state index contributed by atoms with van der Waals surface area (Å²) in [5.41, 5.74) is 8.76. The highest BCUT2D eigenvalue weighted by Crippen LogP contribution is 2.38. The van der Waals surface area contributed by atoms with E-state index in [1.165, 1.54) is 0 Å². The summed E-state index contributed by atoms with van der Waals surface area (Å²) in [6.07, 6.45) is 3.70. The van der Waals surface area contributed by atoms with E-state index in [2.05, 4.69) is 152 Å². The number of rotatable bonds is 5. The zero-order chi connectivity index (χ0) is 34.4. The topological polar surface area (TPSA) is 64.5 Å². The molecular formula is C47H29N5. The van der Waals surface area contributed by atoms with Crippen LogP contribution in [0.25, 0.3) is 99.8 Å². The lowest BCUT2D eigenvalue weighted by atomic mass is 9.93. The number of pyridine rings is 2. The third kappa shape index (κ3) is 5.15. The first-order chi connectivity index (χ1) is 25.8. The molecule has 0 aliphatic rings. The first-order valence-corrected chi connectivity index (χ1v) is 17.3. The lowest BCUT2D eigenvalue weighted by Crippen LogP contribution is -2.01. The second-order valence-electron chi connectivity index (χ2n) is 12.9. The molecule has 0 fully saturated rings. The largest absolute Gasteiger partial charge is 0.256 e. The molecule has 3 heterocycles. The zero-order valence-corrected chi connectivity index (χ0v) is 28.0. The Morgan fingerprint density at radius 2 is 0.673 bits per heavy atom. The summed E-state index contributed by atoms with van der Waals surface area (Å²) < 4.78 is 0. The number of hydrogen-bond donors (Lipinski definition) is 0. The van der Waals surface area contributed by atoms with E-state index in [4.69, 9.17) is 24.9 Å². The second kappa shape index (κ2) is 12.3. The highest BCUT2D eigenvalue weighted by atomic mass is 15.0. The van der Waals surface area contributed by atoms with Crippen molar-refractivity contribution in [3.05, 3.63) is 176 Å². The van der Waals surface area contributed by atoms with Crippen LogP contribution in [0.3, 0.4) is 0 Å². The summed E-state index contributed by atoms with van der Waals surface area (Å²) in [6.45, 7) is 0. The van der Waals surface area contributed by atoms with Crippen LogP contribution in [0, 0.1) is 0 Å². The van der Waals surface area contributed by atoms with Gasteiger partial charge in [0.05, 0.1) is 11.0 Å². The molecule has 3 aromatic heterocycles. The van der Waals surface area contributed by atoms with Crippen molar-refractivity contribution in [1.82, 2.24) is 24.9 Å². The van der Waals surface area contributed by atoms with Crippen LogP contribution in [0.1, 0.15) is 0 Å². The first kappa shape index (κ1) is 29.8. The van der Waals surface area contributed by atoms with E-state index in [0.717, 1.165) is 82.3 Å². The molecule has 5 nitrogen and oxygen atoms in total. The van der Waals surface area contributed by atoms with Gasteiger partial charge in [0.2, 0.25) is 0 Å². The van der Waals surface area contributed by atoms with E-state index < -0.39 is 0 Å². The van der Waals surface area contributed by atoms with Gasteiger partial charge in [-0.3, -0.25) is 9.97 Å². The van der Waals surface area contributed by atoms with Gasteiger partial charge in [-0.25, -0.2) is 15.0 Å². The van der Waals surface area contributed by atoms with Gasteiger partial charge in [-0.05, 0) is 63.0 Å². The number of hydrogen-bond acceptors (Lipinski definition) is 5. The van der Waals surface area contributed by atoms with Gasteiger partial charge in [-0.2, -0.15) is 0 Å². The zero-order valence-electron chi connectivity index (χ0n) is 28.0. The van der Waals surface area contributed by atoms with Crippen LogP contribution in [-0.2, 0) is 0 Å². The minimum absolute atomic E-state index is 0.588. The van der Waals surface area contributed by atoms with Gasteiger partial charge < -0.3 is 0 Å². The van der Waals surface area contributed by atoms with E-state index in [1.54, 1.807) is 0 Å². The maximum Gasteiger partial charge on any atom is 0.164 e. The van der Waals surface area contributed by atoms with Crippen LogP contribution in [0.15, 0.2) is 176 Å². The molecule has 0 bridgehead atoms. The van der Waals surface area contributed by atoms with Gasteiger partial charge in [0.15, 0.2) is 17.5 Å². The van der Waals surface area contributed by atoms with Crippen molar-refractivity contribution in [3.8, 4) is 56.4 Å². The fourth-order valence-electron chi connectivity index (χ4n) is 7.33. The van der Waals surface area contributed by atoms with Crippen LogP contribution in [0.4, 0.5) is 0 Å². The standard InChI is InChI=1S/C47H29N5/c1-3-19-37-30(11-1)13-5-23-41(37)46-50-45(51-47(52-46)42-24-6-14-31-12-2-4-20-38(31)42)36-28-34(39-21-7-15-32-17-9-25-48-43(32)39)27-35(29-36)40-22-8-16-33-18-10-26-49-44(33)40/h1-29H. The van der Waals surface area contributed by atoms with Crippen LogP contribution >= 0.6 is 0 Å². The van der Waals surface area contributed by atoms with Gasteiger partial charge >= 0.3 is 0 Å². The molecule has 0 N–H and O–H groups in total. The third-order valence-corrected chi connectivity index (χ3v) is 9.78. The average Bonchev–Trinajstić information content (AvgIpc) is 3.22. The van der Waals surface area contributed by atoms with E-state index in [-0.39, 0.29) is 0 Å². The molecule has 0 amide bonds. The summed E-state index contributed by atoms with van der Waals surface area (Å²) >= 11 is 0. The van der Waals surface area contributed by atoms with Crippen LogP contribution in [0.5, 0.6) is 0 Å². The maximum absolute atomic E-state index is 5.27. The van der Waals surface area contributed by atoms with Crippen molar-refractivity contribution in [2.45, 2.75) is 0 Å². The monoisotopic (exact) mass is 663 g/mol. The van der Waals surface area contributed by atoms with Crippen molar-refractivity contribution in [3.63, 3.8) is 0 Å². The molecule has 0 aliphatic carbocycles. The van der Waals surface area contributed by atoms with E-state index in [0.29, 0.717) is 17.5 Å². The molecule has 10 rings (SSSR count). The number of benzene rings is 7. The number of para-hydroxylation sites is 2. The Morgan fingerprint density at radius 3 is 1.19 bits per heavy atom. The van der Waals surface area contributed by atoms with Crippen molar-refractivity contribution in [2.24, 2.45) is 0 Å². The molecule has 0 spiro atoms. The highest BCUT2D eigenvalue weighted by Gasteiger charge is 2.18. The second-order valence-corrected chi connectivity index (χ2v) is 12.9. The molecule has 0 saturated heterocycles. The fraction of sp³-hybridized carbons (Fsp3) is 0. The van der Waals surface area contributed by atoms with Gasteiger partial charge in [0, 0.05) is 51.0 Å². The molecule has 242 valence electrons. The molecule has 0 aliphatic heterocycles. The van der Waals surface area contributed by atoms with Gasteiger partial charge in [-0.15, -0.1) is 0 Å². The normalized spacial score (nSPS) is 11.5. The molecule has 10 aromatic rings. The molecule has 5 heteroatoms. The van der Waals surface area contributed by atoms with Crippen LogP contribution in [-0.4, -0.2) is 24.9 Å². The van der Waals surface area contributed by atoms with Crippen LogP contribution < -0.4 is 0 Å². The summed E-state index contributed by atoms with van der Waals surface area (Å²) in [5.74, 6) is 1.83. The van der Waals surface area contributed by atoms with Crippen molar-refractivity contribution >= 4 is 43.4 Å². The van der Waals surface area contributed by atoms with Gasteiger partial charge in [-0.1, -0.05) is 133 Å². The molecule has 0 saturated carbocycles. The minimum Gasteiger partial charge on any atom is -0.256 e. The molecule has 0 unspecified atom stereocenters. The first-order valence-electron chi connectivity index (χ1n) is 17.3. The predicted molar refractivity (Wildman–Crippen MR) is 213 cm³/mol. The number of aromatic nitrogens is 5. The van der Waals surface area contributed by atoms with Crippen molar-refractivity contribution in [1.29, 1.82) is 0 Å². The predicted octanol–water partition coefficient (Wildman–Crippen LogP) is 11.6. The lowest BCUT2D eigenvalue weighted by molar-refractivity contribution is 1.08. The molecular weight excluding hydrogens is 635 g/mol. The van der Waals surface area contributed by atoms with Crippen LogP contribution in [0.2, 0.25) is 0 Å². The molecule has 7 aromatic carbocycles. The molecule has 0 atom stereocenters. The Kier molecular flexibility index (Phi) is 7.07. The quantitative estimate of drug-likeness (QED) is 0.183. The third-order valence-electron chi connectivity index (χ3n) is 9.78. The Bertz CT molecular complexity index is 2570. The van der Waals surface area contributed by atoms with E-state index >= 15 is 0 Å². The number of nitrogens with zero attached hydrogens (tertiary/aromatic N) is 5. The van der Waals surface area contributed by atoms with E-state index in [9.17, 15) is 0 Å². The van der Waals surface area contributed by atoms with Crippen molar-refractivity contribution in [2.75, 3.05) is 0 Å². The molecule has 0 radical (unpaired) electrons. The molecule has 52 heavy (non-hydrogen) atoms. The minimum atomic E-state index is 0.588. The summed E-state index contributed by atoms with van der Waals surface area (Å²) in [6, 6.07) is 56.7. The smallest absolute Gasteiger partial charge is 0.164 e. The number of fused-ring (bicyclic) bond motifs is 4. The Hall–Kier alpha value is -7.11. The average molecular weight is 664 g/mol. The summed E-state index contributed by atoms with van der Waals surface area (Å²) in [5, 5.41) is 6.59. The summed E-state index contributed by atoms with van der Waals surface area (Å²) in [4.78, 5) is 25.4.